The second kappa shape index (κ2) is 21.7. The summed E-state index contributed by atoms with van der Waals surface area (Å²) in [6.07, 6.45) is 24.6. The summed E-state index contributed by atoms with van der Waals surface area (Å²) in [5.41, 5.74) is 12.8. The number of nitriles is 2. The number of rotatable bonds is 11. The van der Waals surface area contributed by atoms with Gasteiger partial charge in [-0.3, -0.25) is 4.98 Å². The van der Waals surface area contributed by atoms with Crippen molar-refractivity contribution < 1.29 is 0 Å². The Morgan fingerprint density at radius 3 is 2.16 bits per heavy atom. The first-order chi connectivity index (χ1) is 24.7. The summed E-state index contributed by atoms with van der Waals surface area (Å²) in [5.74, 6) is 2.15. The second-order valence-electron chi connectivity index (χ2n) is 11.6. The first-order valence-electron chi connectivity index (χ1n) is 17.1. The topological polar surface area (TPSA) is 60.5 Å². The number of terminal acetylenes is 1. The lowest BCUT2D eigenvalue weighted by atomic mass is 9.78. The van der Waals surface area contributed by atoms with Crippen LogP contribution < -0.4 is 0 Å². The van der Waals surface area contributed by atoms with Gasteiger partial charge < -0.3 is 0 Å². The van der Waals surface area contributed by atoms with Crippen LogP contribution in [0.3, 0.4) is 0 Å². The summed E-state index contributed by atoms with van der Waals surface area (Å²) in [7, 11) is 0. The highest BCUT2D eigenvalue weighted by molar-refractivity contribution is 5.91. The van der Waals surface area contributed by atoms with Crippen molar-refractivity contribution in [2.75, 3.05) is 0 Å². The SMILES string of the molecule is C#CC.C=CC(=C(\C=C)C(C(=C)C)c1ccncc1)/C1=C(C)/C=C\CCC=C1c1cc(C(=C)/C=C\CC#N)cc(-c2ccc(C#N)cc2)c1.CC. The molecule has 1 aliphatic rings. The van der Waals surface area contributed by atoms with Gasteiger partial charge in [-0.1, -0.05) is 100 Å². The van der Waals surface area contributed by atoms with E-state index >= 15 is 0 Å². The van der Waals surface area contributed by atoms with Crippen molar-refractivity contribution in [2.24, 2.45) is 0 Å². The zero-order valence-corrected chi connectivity index (χ0v) is 30.8. The Kier molecular flexibility index (Phi) is 17.4. The molecule has 0 saturated heterocycles. The highest BCUT2D eigenvalue weighted by atomic mass is 14.6. The van der Waals surface area contributed by atoms with E-state index in [2.05, 4.69) is 99.1 Å². The fraction of sp³-hybridized carbons (Fsp3) is 0.188. The predicted octanol–water partition coefficient (Wildman–Crippen LogP) is 12.8. The predicted molar refractivity (Wildman–Crippen MR) is 219 cm³/mol. The molecule has 4 rings (SSSR count). The molecule has 2 aromatic carbocycles. The maximum atomic E-state index is 9.38. The Morgan fingerprint density at radius 1 is 0.941 bits per heavy atom. The van der Waals surface area contributed by atoms with Gasteiger partial charge in [0, 0.05) is 18.3 Å². The van der Waals surface area contributed by atoms with Crippen LogP contribution in [0.5, 0.6) is 0 Å². The maximum Gasteiger partial charge on any atom is 0.0991 e. The maximum absolute atomic E-state index is 9.38. The van der Waals surface area contributed by atoms with Crippen LogP contribution >= 0.6 is 0 Å². The molecule has 0 aliphatic heterocycles. The molecule has 0 N–H and O–H groups in total. The van der Waals surface area contributed by atoms with Crippen LogP contribution in [0.15, 0.2) is 164 Å². The van der Waals surface area contributed by atoms with Gasteiger partial charge in [0.2, 0.25) is 0 Å². The third kappa shape index (κ3) is 11.2. The molecule has 51 heavy (non-hydrogen) atoms. The van der Waals surface area contributed by atoms with Gasteiger partial charge in [-0.15, -0.1) is 12.3 Å². The highest BCUT2D eigenvalue weighted by Crippen LogP contribution is 2.42. The quantitative estimate of drug-likeness (QED) is 0.116. The molecular weight excluding hydrogens is 619 g/mol. The van der Waals surface area contributed by atoms with E-state index in [1.165, 1.54) is 0 Å². The molecule has 256 valence electrons. The average molecular weight is 668 g/mol. The van der Waals surface area contributed by atoms with E-state index < -0.39 is 0 Å². The van der Waals surface area contributed by atoms with Gasteiger partial charge in [-0.05, 0) is 137 Å². The third-order valence-corrected chi connectivity index (χ3v) is 8.05. The molecular formula is C48H49N3. The first kappa shape index (κ1) is 41.0. The van der Waals surface area contributed by atoms with Crippen LogP contribution in [-0.2, 0) is 0 Å². The molecule has 0 spiro atoms. The molecule has 3 nitrogen and oxygen atoms in total. The fourth-order valence-electron chi connectivity index (χ4n) is 5.86. The number of pyridine rings is 1. The van der Waals surface area contributed by atoms with Crippen molar-refractivity contribution in [1.82, 2.24) is 4.98 Å². The Morgan fingerprint density at radius 2 is 1.59 bits per heavy atom. The van der Waals surface area contributed by atoms with Crippen LogP contribution in [0.2, 0.25) is 0 Å². The Balaban J connectivity index is 0.00000171. The molecule has 1 unspecified atom stereocenters. The van der Waals surface area contributed by atoms with E-state index in [-0.39, 0.29) is 5.92 Å². The van der Waals surface area contributed by atoms with Crippen molar-refractivity contribution in [2.45, 2.75) is 59.8 Å². The number of nitrogens with zero attached hydrogens (tertiary/aromatic N) is 3. The highest BCUT2D eigenvalue weighted by Gasteiger charge is 2.24. The molecule has 0 radical (unpaired) electrons. The standard InChI is InChI=1S/C43H39N3.C3H4.C2H6/c1-7-39(42(30(3)4)35-21-24-46-25-22-35)40(8-2)43-32(6)15-10-9-11-16-41(43)38-27-36(31(5)14-12-13-23-44)26-37(28-38)34-19-17-33(29-45)18-20-34;1-3-2;1-2/h7-8,10,12,14-22,24-28,42H,1-3,5,9,11,13H2,4,6H3;1H,2H3;1-2H3/b14-12-,15-10-,40-39-,41-16?,43-32-;;. The van der Waals surface area contributed by atoms with Crippen molar-refractivity contribution in [3.8, 4) is 35.6 Å². The zero-order chi connectivity index (χ0) is 37.8. The molecule has 1 atom stereocenters. The van der Waals surface area contributed by atoms with E-state index in [1.54, 1.807) is 6.92 Å². The van der Waals surface area contributed by atoms with Gasteiger partial charge in [0.05, 0.1) is 24.1 Å². The van der Waals surface area contributed by atoms with Crippen LogP contribution in [0.4, 0.5) is 0 Å². The minimum absolute atomic E-state index is 0.102. The summed E-state index contributed by atoms with van der Waals surface area (Å²) < 4.78 is 0. The van der Waals surface area contributed by atoms with Gasteiger partial charge in [-0.2, -0.15) is 10.5 Å². The molecule has 3 aromatic rings. The molecule has 0 saturated carbocycles. The second-order valence-corrected chi connectivity index (χ2v) is 11.6. The molecule has 0 amide bonds. The van der Waals surface area contributed by atoms with Crippen molar-refractivity contribution in [3.05, 3.63) is 186 Å². The van der Waals surface area contributed by atoms with Crippen molar-refractivity contribution in [3.63, 3.8) is 0 Å². The van der Waals surface area contributed by atoms with Gasteiger partial charge >= 0.3 is 0 Å². The summed E-state index contributed by atoms with van der Waals surface area (Å²) >= 11 is 0. The summed E-state index contributed by atoms with van der Waals surface area (Å²) in [4.78, 5) is 4.24. The lowest BCUT2D eigenvalue weighted by Crippen LogP contribution is -2.08. The molecule has 1 aromatic heterocycles. The van der Waals surface area contributed by atoms with Crippen LogP contribution in [0, 0.1) is 35.0 Å². The zero-order valence-electron chi connectivity index (χ0n) is 30.8. The summed E-state index contributed by atoms with van der Waals surface area (Å²) in [6.45, 7) is 27.2. The van der Waals surface area contributed by atoms with Gasteiger partial charge in [-0.25, -0.2) is 0 Å². The molecule has 0 fully saturated rings. The number of hydrogen-bond donors (Lipinski definition) is 0. The van der Waals surface area contributed by atoms with Gasteiger partial charge in [0.25, 0.3) is 0 Å². The number of hydrogen-bond acceptors (Lipinski definition) is 3. The lowest BCUT2D eigenvalue weighted by Gasteiger charge is -2.26. The molecule has 1 aliphatic carbocycles. The van der Waals surface area contributed by atoms with Crippen molar-refractivity contribution >= 4 is 11.1 Å². The van der Waals surface area contributed by atoms with Gasteiger partial charge in [0.1, 0.15) is 0 Å². The minimum Gasteiger partial charge on any atom is -0.265 e. The summed E-state index contributed by atoms with van der Waals surface area (Å²) in [6, 6.07) is 22.5. The van der Waals surface area contributed by atoms with Crippen LogP contribution in [-0.4, -0.2) is 4.98 Å². The first-order valence-corrected chi connectivity index (χ1v) is 17.1. The normalized spacial score (nSPS) is 15.1. The summed E-state index contributed by atoms with van der Waals surface area (Å²) in [5, 5.41) is 18.5. The number of benzene rings is 2. The minimum atomic E-state index is -0.102. The smallest absolute Gasteiger partial charge is 0.0991 e. The van der Waals surface area contributed by atoms with E-state index in [0.717, 1.165) is 79.7 Å². The largest absolute Gasteiger partial charge is 0.265 e. The third-order valence-electron chi connectivity index (χ3n) is 8.05. The number of aromatic nitrogens is 1. The van der Waals surface area contributed by atoms with Crippen molar-refractivity contribution in [1.29, 1.82) is 10.5 Å². The molecule has 0 bridgehead atoms. The lowest BCUT2D eigenvalue weighted by molar-refractivity contribution is 0.937. The monoisotopic (exact) mass is 667 g/mol. The van der Waals surface area contributed by atoms with E-state index in [0.29, 0.717) is 12.0 Å². The van der Waals surface area contributed by atoms with Crippen LogP contribution in [0.25, 0.3) is 22.3 Å². The van der Waals surface area contributed by atoms with E-state index in [4.69, 9.17) is 5.26 Å². The molecule has 3 heteroatoms. The Hall–Kier alpha value is -6.21. The number of allylic oxidation sites excluding steroid dienone is 14. The van der Waals surface area contributed by atoms with Crippen LogP contribution in [0.1, 0.15) is 82.1 Å². The fourth-order valence-corrected chi connectivity index (χ4v) is 5.86. The average Bonchev–Trinajstić information content (AvgIpc) is 3.15. The Labute approximate surface area is 307 Å². The molecule has 1 heterocycles. The van der Waals surface area contributed by atoms with E-state index in [9.17, 15) is 5.26 Å². The van der Waals surface area contributed by atoms with Gasteiger partial charge in [0.15, 0.2) is 0 Å². The Bertz CT molecular complexity index is 1990. The van der Waals surface area contributed by atoms with E-state index in [1.807, 2.05) is 93.9 Å².